The molecule has 1 aliphatic carbocycles. The van der Waals surface area contributed by atoms with Crippen LogP contribution in [-0.2, 0) is 0 Å². The zero-order valence-corrected chi connectivity index (χ0v) is 53.7. The molecule has 0 bridgehead atoms. The monoisotopic (exact) mass is 1270 g/mol. The standard InChI is InChI=1S/C90H54N10/c91-54-69-86(96-74-39-17-8-29-62(74)63-30-9-18-40-75(63)96)88(99-80-48-46-55(52-67(80)84-82(99)44-22-50-92-84)94-70-35-13-4-25-57(70)58-26-5-14-36-71(58)94)90(98-78-34-3-1-2-24-61(78)66-33-12-21-43-79(66)98)89(87(69)97-76-41-19-10-31-64(76)65-32-11-20-42-77(65)97)100-81-49-47-56(53-68(81)85-83(100)45-23-51-93-85)95-72-37-15-6-27-59(72)60-28-7-16-38-73(60)95/h2-53H,1H2. The summed E-state index contributed by atoms with van der Waals surface area (Å²) in [5.74, 6) is 0. The Bertz CT molecular complexity index is 6700. The van der Waals surface area contributed by atoms with E-state index < -0.39 is 0 Å². The molecule has 0 unspecified atom stereocenters. The van der Waals surface area contributed by atoms with Crippen LogP contribution >= 0.6 is 0 Å². The Morgan fingerprint density at radius 3 is 0.920 bits per heavy atom. The summed E-state index contributed by atoms with van der Waals surface area (Å²) in [4.78, 5) is 10.9. The molecule has 12 aromatic carbocycles. The second kappa shape index (κ2) is 20.6. The van der Waals surface area contributed by atoms with Crippen molar-refractivity contribution >= 4 is 154 Å². The van der Waals surface area contributed by atoms with Crippen molar-refractivity contribution in [2.24, 2.45) is 0 Å². The van der Waals surface area contributed by atoms with Crippen LogP contribution in [0, 0.1) is 11.3 Å². The van der Waals surface area contributed by atoms with E-state index in [1.807, 2.05) is 12.4 Å². The Hall–Kier alpha value is -13.8. The lowest BCUT2D eigenvalue weighted by Gasteiger charge is -2.30. The molecule has 0 spiro atoms. The van der Waals surface area contributed by atoms with Gasteiger partial charge in [0.05, 0.1) is 117 Å². The fraction of sp³-hybridized carbons (Fsp3) is 0.0111. The first-order valence-corrected chi connectivity index (χ1v) is 34.0. The highest BCUT2D eigenvalue weighted by Crippen LogP contribution is 2.52. The first-order chi connectivity index (χ1) is 49.7. The Labute approximate surface area is 570 Å². The molecular weight excluding hydrogens is 1220 g/mol. The molecule has 0 amide bonds. The molecule has 464 valence electrons. The maximum Gasteiger partial charge on any atom is 0.105 e. The lowest BCUT2D eigenvalue weighted by Crippen LogP contribution is -2.19. The third-order valence-electron chi connectivity index (χ3n) is 21.2. The van der Waals surface area contributed by atoms with Crippen molar-refractivity contribution in [1.29, 1.82) is 5.26 Å². The summed E-state index contributed by atoms with van der Waals surface area (Å²) in [5, 5.41) is 25.5. The van der Waals surface area contributed by atoms with Gasteiger partial charge in [-0.15, -0.1) is 0 Å². The van der Waals surface area contributed by atoms with E-state index >= 15 is 0 Å². The third-order valence-corrected chi connectivity index (χ3v) is 21.2. The predicted octanol–water partition coefficient (Wildman–Crippen LogP) is 22.3. The lowest BCUT2D eigenvalue weighted by molar-refractivity contribution is 0.975. The highest BCUT2D eigenvalue weighted by Gasteiger charge is 2.37. The van der Waals surface area contributed by atoms with Crippen molar-refractivity contribution in [2.45, 2.75) is 6.42 Å². The summed E-state index contributed by atoms with van der Waals surface area (Å²) in [7, 11) is 0. The van der Waals surface area contributed by atoms with Crippen molar-refractivity contribution in [3.63, 3.8) is 0 Å². The number of hydrogen-bond acceptors (Lipinski definition) is 3. The molecule has 0 atom stereocenters. The normalized spacial score (nSPS) is 12.7. The number of benzene rings is 12. The molecule has 21 aromatic rings. The Balaban J connectivity index is 1.01. The predicted molar refractivity (Wildman–Crippen MR) is 412 cm³/mol. The molecule has 0 fully saturated rings. The average Bonchev–Trinajstić information content (AvgIpc) is 1.45. The molecule has 9 heterocycles. The molecular formula is C90H54N10. The van der Waals surface area contributed by atoms with Crippen LogP contribution in [0.25, 0.3) is 194 Å². The van der Waals surface area contributed by atoms with Crippen LogP contribution in [0.4, 0.5) is 0 Å². The summed E-state index contributed by atoms with van der Waals surface area (Å²) in [6.07, 6.45) is 13.8. The van der Waals surface area contributed by atoms with Gasteiger partial charge in [0.2, 0.25) is 0 Å². The van der Waals surface area contributed by atoms with E-state index in [9.17, 15) is 5.26 Å². The fourth-order valence-electron chi connectivity index (χ4n) is 17.3. The van der Waals surface area contributed by atoms with E-state index in [0.29, 0.717) is 16.9 Å². The molecule has 0 saturated heterocycles. The van der Waals surface area contributed by atoms with E-state index in [4.69, 9.17) is 9.97 Å². The SMILES string of the molecule is N#Cc1c(-n2c3ccccc3c3ccccc32)c(-n2c3ccc(-n4c5ccccc5c5ccccc54)cc3c3ncccc32)c(-n2c3c(c4ccccc42)C=CCC=C3)c(-n2c3ccc(-n4c5ccccc5c5ccccc54)cc3c3ncccc32)c1-n1c2ccccc2c2ccccc21. The van der Waals surface area contributed by atoms with Crippen LogP contribution in [0.3, 0.4) is 0 Å². The maximum absolute atomic E-state index is 13.5. The Kier molecular flexibility index (Phi) is 11.2. The summed E-state index contributed by atoms with van der Waals surface area (Å²) in [6, 6.07) is 104. The largest absolute Gasteiger partial charge is 0.309 e. The van der Waals surface area contributed by atoms with Gasteiger partial charge in [-0.2, -0.15) is 5.26 Å². The number of pyridine rings is 2. The molecule has 0 N–H and O–H groups in total. The highest BCUT2D eigenvalue weighted by atomic mass is 15.2. The van der Waals surface area contributed by atoms with Gasteiger partial charge in [-0.1, -0.05) is 182 Å². The van der Waals surface area contributed by atoms with Gasteiger partial charge in [0.1, 0.15) is 11.6 Å². The van der Waals surface area contributed by atoms with Crippen LogP contribution in [0.15, 0.2) is 304 Å². The number of allylic oxidation sites excluding steroid dienone is 2. The van der Waals surface area contributed by atoms with Crippen molar-refractivity contribution in [2.75, 3.05) is 0 Å². The van der Waals surface area contributed by atoms with Crippen molar-refractivity contribution in [3.05, 3.63) is 320 Å². The zero-order valence-electron chi connectivity index (χ0n) is 53.7. The Morgan fingerprint density at radius 1 is 0.260 bits per heavy atom. The second-order valence-electron chi connectivity index (χ2n) is 26.2. The Morgan fingerprint density at radius 2 is 0.550 bits per heavy atom. The summed E-state index contributed by atoms with van der Waals surface area (Å²) in [6.45, 7) is 0. The van der Waals surface area contributed by atoms with Crippen LogP contribution in [-0.4, -0.2) is 41.9 Å². The number of hydrogen-bond donors (Lipinski definition) is 0. The van der Waals surface area contributed by atoms with Crippen molar-refractivity contribution in [3.8, 4) is 45.9 Å². The first kappa shape index (κ1) is 54.5. The van der Waals surface area contributed by atoms with Crippen LogP contribution in [0.2, 0.25) is 0 Å². The number of rotatable bonds is 7. The topological polar surface area (TPSA) is 84.1 Å². The minimum atomic E-state index is 0.464. The van der Waals surface area contributed by atoms with Gasteiger partial charge in [-0.25, -0.2) is 0 Å². The third kappa shape index (κ3) is 7.28. The van der Waals surface area contributed by atoms with E-state index in [1.54, 1.807) is 0 Å². The molecule has 0 radical (unpaired) electrons. The molecule has 0 saturated carbocycles. The first-order valence-electron chi connectivity index (χ1n) is 34.0. The summed E-state index contributed by atoms with van der Waals surface area (Å²) in [5.41, 5.74) is 22.9. The van der Waals surface area contributed by atoms with Crippen LogP contribution in [0.5, 0.6) is 0 Å². The average molecular weight is 1280 g/mol. The molecule has 1 aliphatic rings. The molecule has 22 rings (SSSR count). The molecule has 9 aromatic heterocycles. The number of nitrogens with zero attached hydrogens (tertiary/aromatic N) is 10. The van der Waals surface area contributed by atoms with Gasteiger partial charge in [0, 0.05) is 88.6 Å². The molecule has 10 heteroatoms. The minimum Gasteiger partial charge on any atom is -0.309 e. The van der Waals surface area contributed by atoms with Crippen molar-refractivity contribution in [1.82, 2.24) is 41.9 Å². The fourth-order valence-corrected chi connectivity index (χ4v) is 17.3. The summed E-state index contributed by atoms with van der Waals surface area (Å²) >= 11 is 0. The van der Waals surface area contributed by atoms with Gasteiger partial charge in [0.25, 0.3) is 0 Å². The molecule has 100 heavy (non-hydrogen) atoms. The lowest BCUT2D eigenvalue weighted by atomic mass is 10.0. The maximum atomic E-state index is 13.5. The quantitative estimate of drug-likeness (QED) is 0.159. The number of nitriles is 1. The van der Waals surface area contributed by atoms with E-state index in [2.05, 4.69) is 341 Å². The molecule has 0 aliphatic heterocycles. The molecule has 10 nitrogen and oxygen atoms in total. The van der Waals surface area contributed by atoms with Gasteiger partial charge < -0.3 is 32.0 Å². The second-order valence-corrected chi connectivity index (χ2v) is 26.2. The minimum absolute atomic E-state index is 0.464. The van der Waals surface area contributed by atoms with Gasteiger partial charge >= 0.3 is 0 Å². The van der Waals surface area contributed by atoms with Gasteiger partial charge in [-0.05, 0) is 128 Å². The van der Waals surface area contributed by atoms with Crippen LogP contribution < -0.4 is 0 Å². The smallest absolute Gasteiger partial charge is 0.105 e. The van der Waals surface area contributed by atoms with Gasteiger partial charge in [-0.3, -0.25) is 9.97 Å². The highest BCUT2D eigenvalue weighted by molar-refractivity contribution is 6.18. The number of para-hydroxylation sites is 9. The van der Waals surface area contributed by atoms with E-state index in [-0.39, 0.29) is 0 Å². The van der Waals surface area contributed by atoms with Gasteiger partial charge in [0.15, 0.2) is 0 Å². The summed E-state index contributed by atoms with van der Waals surface area (Å²) < 4.78 is 17.0. The zero-order chi connectivity index (χ0) is 65.4. The van der Waals surface area contributed by atoms with Crippen LogP contribution in [0.1, 0.15) is 23.2 Å². The van der Waals surface area contributed by atoms with E-state index in [0.717, 1.165) is 167 Å². The number of aromatic nitrogens is 9. The van der Waals surface area contributed by atoms with E-state index in [1.165, 1.54) is 21.5 Å². The number of fused-ring (bicyclic) bond motifs is 21. The van der Waals surface area contributed by atoms with Crippen molar-refractivity contribution < 1.29 is 0 Å².